The summed E-state index contributed by atoms with van der Waals surface area (Å²) in [5, 5.41) is 51.7. The van der Waals surface area contributed by atoms with Crippen molar-refractivity contribution in [1.82, 2.24) is 20.6 Å². The van der Waals surface area contributed by atoms with Gasteiger partial charge in [0, 0.05) is 97.5 Å². The topological polar surface area (TPSA) is 245 Å². The molecule has 0 saturated carbocycles. The van der Waals surface area contributed by atoms with Gasteiger partial charge < -0.3 is 34.6 Å². The lowest BCUT2D eigenvalue weighted by molar-refractivity contribution is -0.140. The molecule has 0 spiro atoms. The number of aromatic nitrogens is 2. The van der Waals surface area contributed by atoms with E-state index in [9.17, 15) is 30.3 Å². The van der Waals surface area contributed by atoms with Crippen LogP contribution in [0.3, 0.4) is 0 Å². The van der Waals surface area contributed by atoms with Crippen molar-refractivity contribution in [3.05, 3.63) is 163 Å². The van der Waals surface area contributed by atoms with Crippen molar-refractivity contribution in [1.29, 1.82) is 15.9 Å². The number of carboxylic acid groups (broad SMARTS) is 2. The Bertz CT molecular complexity index is 3010. The molecule has 18 heteroatoms. The molecule has 0 aliphatic rings. The van der Waals surface area contributed by atoms with Gasteiger partial charge in [0.1, 0.15) is 67.6 Å². The van der Waals surface area contributed by atoms with Gasteiger partial charge in [-0.05, 0) is 77.7 Å². The van der Waals surface area contributed by atoms with Gasteiger partial charge in [-0.25, -0.2) is 0 Å². The first kappa shape index (κ1) is 52.5. The van der Waals surface area contributed by atoms with Gasteiger partial charge >= 0.3 is 11.9 Å². The number of nitrogens with zero attached hydrogens (tertiary/aromatic N) is 5. The third-order valence-electron chi connectivity index (χ3n) is 11.3. The Hall–Kier alpha value is -7.86. The maximum atomic E-state index is 11.8. The van der Waals surface area contributed by atoms with Crippen LogP contribution < -0.4 is 29.6 Å². The molecule has 2 heterocycles. The quantitative estimate of drug-likeness (QED) is 0.0336. The standard InChI is InChI=1S/C53H50Cl2N8O8/c1-32-38(30-70-50-18-48(68-28-36-14-34(20-58)22-60-24-36)40(16-44(50)54)26-62-46(10-12-56)52(64)65)6-4-8-42(32)43-9-5-7-39(33(43)2)31-71-51-19-49(69-29-37-15-35(21-59-3)23-61-25-37)41(17-45(51)55)27-63-47(11-13-57)53(66)67/h4-9,12,14-19,21-25,46-47,56,62-63H,10-11,26-31H2,1-3H3,(H,64,65)(H,66,67)/t46-,47-/m0/s1. The number of carboxylic acids is 2. The van der Waals surface area contributed by atoms with Crippen LogP contribution in [0.15, 0.2) is 103 Å². The van der Waals surface area contributed by atoms with Gasteiger partial charge in [-0.15, -0.1) is 0 Å². The van der Waals surface area contributed by atoms with E-state index in [4.69, 9.17) is 47.6 Å². The molecule has 6 aromatic rings. The number of aliphatic carboxylic acids is 2. The Labute approximate surface area is 421 Å². The Kier molecular flexibility index (Phi) is 19.0. The number of ether oxygens (including phenoxy) is 4. The lowest BCUT2D eigenvalue weighted by Gasteiger charge is -2.19. The fraction of sp³-hybridized carbons (Fsp3) is 0.245. The first-order valence-corrected chi connectivity index (χ1v) is 22.9. The van der Waals surface area contributed by atoms with E-state index in [2.05, 4.69) is 31.7 Å². The Morgan fingerprint density at radius 1 is 0.704 bits per heavy atom. The Morgan fingerprint density at radius 2 is 1.21 bits per heavy atom. The predicted molar refractivity (Wildman–Crippen MR) is 268 cm³/mol. The van der Waals surface area contributed by atoms with E-state index < -0.39 is 24.0 Å². The van der Waals surface area contributed by atoms with E-state index in [1.165, 1.54) is 6.20 Å². The molecular weight excluding hydrogens is 948 g/mol. The second-order valence-electron chi connectivity index (χ2n) is 16.2. The molecule has 6 rings (SSSR count). The number of benzene rings is 4. The molecular formula is C53H50Cl2N8O8. The van der Waals surface area contributed by atoms with Gasteiger partial charge in [0.2, 0.25) is 0 Å². The summed E-state index contributed by atoms with van der Waals surface area (Å²) in [7, 11) is 1.67. The highest BCUT2D eigenvalue weighted by Crippen LogP contribution is 2.37. The van der Waals surface area contributed by atoms with E-state index in [-0.39, 0.29) is 62.4 Å². The number of aliphatic imine (C=N–C) groups is 1. The predicted octanol–water partition coefficient (Wildman–Crippen LogP) is 9.34. The summed E-state index contributed by atoms with van der Waals surface area (Å²) in [5.74, 6) is -0.810. The second-order valence-corrected chi connectivity index (χ2v) is 17.0. The summed E-state index contributed by atoms with van der Waals surface area (Å²) in [4.78, 5) is 36.1. The van der Waals surface area contributed by atoms with Crippen LogP contribution in [0.4, 0.5) is 0 Å². The molecule has 364 valence electrons. The minimum Gasteiger partial charge on any atom is -0.488 e. The molecule has 0 aliphatic carbocycles. The average Bonchev–Trinajstić information content (AvgIpc) is 3.36. The van der Waals surface area contributed by atoms with Gasteiger partial charge in [0.15, 0.2) is 0 Å². The van der Waals surface area contributed by atoms with Crippen LogP contribution in [0, 0.1) is 41.9 Å². The minimum absolute atomic E-state index is 0.0140. The van der Waals surface area contributed by atoms with E-state index in [0.717, 1.165) is 50.7 Å². The van der Waals surface area contributed by atoms with Gasteiger partial charge in [0.25, 0.3) is 0 Å². The van der Waals surface area contributed by atoms with E-state index in [1.807, 2.05) is 62.4 Å². The summed E-state index contributed by atoms with van der Waals surface area (Å²) < 4.78 is 25.2. The average molecular weight is 998 g/mol. The summed E-state index contributed by atoms with van der Waals surface area (Å²) in [5.41, 5.74) is 9.38. The minimum atomic E-state index is -1.16. The molecule has 0 saturated heterocycles. The van der Waals surface area contributed by atoms with Gasteiger partial charge in [-0.2, -0.15) is 10.5 Å². The number of hydrogen-bond acceptors (Lipinski definition) is 14. The van der Waals surface area contributed by atoms with Crippen LogP contribution in [-0.4, -0.2) is 63.7 Å². The molecule has 4 aromatic carbocycles. The van der Waals surface area contributed by atoms with Crippen LogP contribution >= 0.6 is 23.2 Å². The molecule has 0 aliphatic heterocycles. The summed E-state index contributed by atoms with van der Waals surface area (Å²) >= 11 is 13.6. The van der Waals surface area contributed by atoms with Crippen molar-refractivity contribution < 1.29 is 38.7 Å². The van der Waals surface area contributed by atoms with Gasteiger partial charge in [0.05, 0.1) is 28.1 Å². The van der Waals surface area contributed by atoms with Crippen LogP contribution in [0.2, 0.25) is 10.0 Å². The number of nitriles is 2. The van der Waals surface area contributed by atoms with Crippen molar-refractivity contribution in [2.45, 2.75) is 78.3 Å². The molecule has 2 aromatic heterocycles. The molecule has 0 radical (unpaired) electrons. The van der Waals surface area contributed by atoms with Crippen molar-refractivity contribution in [2.75, 3.05) is 7.05 Å². The Morgan fingerprint density at radius 3 is 1.70 bits per heavy atom. The van der Waals surface area contributed by atoms with Gasteiger partial charge in [-0.3, -0.25) is 35.2 Å². The van der Waals surface area contributed by atoms with E-state index in [0.29, 0.717) is 45.3 Å². The largest absolute Gasteiger partial charge is 0.488 e. The molecule has 2 atom stereocenters. The van der Waals surface area contributed by atoms with Crippen molar-refractivity contribution in [3.8, 4) is 46.3 Å². The van der Waals surface area contributed by atoms with Crippen LogP contribution in [0.5, 0.6) is 23.0 Å². The number of pyridine rings is 2. The Balaban J connectivity index is 1.21. The number of carbonyl (C=O) groups is 2. The van der Waals surface area contributed by atoms with Crippen LogP contribution in [-0.2, 0) is 49.1 Å². The smallest absolute Gasteiger partial charge is 0.321 e. The monoisotopic (exact) mass is 996 g/mol. The first-order valence-electron chi connectivity index (χ1n) is 22.1. The fourth-order valence-corrected chi connectivity index (χ4v) is 7.92. The number of rotatable bonds is 25. The van der Waals surface area contributed by atoms with Crippen molar-refractivity contribution in [3.63, 3.8) is 0 Å². The highest BCUT2D eigenvalue weighted by Gasteiger charge is 2.21. The summed E-state index contributed by atoms with van der Waals surface area (Å²) in [6, 6.07) is 23.9. The lowest BCUT2D eigenvalue weighted by atomic mass is 9.92. The van der Waals surface area contributed by atoms with Gasteiger partial charge in [-0.1, -0.05) is 59.6 Å². The maximum Gasteiger partial charge on any atom is 0.321 e. The zero-order valence-electron chi connectivity index (χ0n) is 39.0. The molecule has 0 fully saturated rings. The molecule has 0 bridgehead atoms. The van der Waals surface area contributed by atoms with Crippen LogP contribution in [0.1, 0.15) is 68.5 Å². The van der Waals surface area contributed by atoms with Crippen molar-refractivity contribution >= 4 is 47.6 Å². The van der Waals surface area contributed by atoms with E-state index >= 15 is 0 Å². The lowest BCUT2D eigenvalue weighted by Crippen LogP contribution is -2.36. The number of nitrogens with one attached hydrogen (secondary N) is 3. The first-order chi connectivity index (χ1) is 34.3. The fourth-order valence-electron chi connectivity index (χ4n) is 7.44. The molecule has 0 amide bonds. The summed E-state index contributed by atoms with van der Waals surface area (Å²) in [6.07, 6.45) is 8.86. The van der Waals surface area contributed by atoms with E-state index in [1.54, 1.807) is 62.2 Å². The molecule has 0 unspecified atom stereocenters. The maximum absolute atomic E-state index is 11.8. The van der Waals surface area contributed by atoms with Crippen molar-refractivity contribution in [2.24, 2.45) is 4.99 Å². The summed E-state index contributed by atoms with van der Waals surface area (Å²) in [6.45, 7) is 4.63. The molecule has 5 N–H and O–H groups in total. The zero-order valence-corrected chi connectivity index (χ0v) is 40.6. The highest BCUT2D eigenvalue weighted by atomic mass is 35.5. The SMILES string of the molecule is CN=Cc1cncc(COc2cc(OCc3cccc(-c4cccc(COc5cc(OCc6cncc(C#N)c6)c(CN[C@@H](CC=N)C(=O)O)cc5Cl)c4C)c3C)c(Cl)cc2CN[C@@H](CC#N)C(=O)O)c1. The normalized spacial score (nSPS) is 11.8. The number of halogens is 2. The number of hydrogen-bond donors (Lipinski definition) is 5. The zero-order chi connectivity index (χ0) is 50.9. The van der Waals surface area contributed by atoms with Crippen LogP contribution in [0.25, 0.3) is 11.1 Å². The highest BCUT2D eigenvalue weighted by molar-refractivity contribution is 6.32. The third kappa shape index (κ3) is 14.4. The third-order valence-corrected chi connectivity index (χ3v) is 11.9. The molecule has 16 nitrogen and oxygen atoms in total. The molecule has 71 heavy (non-hydrogen) atoms. The second kappa shape index (κ2) is 25.7.